The minimum Gasteiger partial charge on any atom is -0.462 e. The van der Waals surface area contributed by atoms with Crippen molar-refractivity contribution in [2.45, 2.75) is 18.6 Å². The number of anilines is 1. The summed E-state index contributed by atoms with van der Waals surface area (Å²) in [5.74, 6) is -2.37. The van der Waals surface area contributed by atoms with Crippen LogP contribution in [-0.2, 0) is 23.9 Å². The maximum Gasteiger partial charge on any atom is 0.302 e. The first-order valence-corrected chi connectivity index (χ1v) is 7.95. The highest BCUT2D eigenvalue weighted by atomic mass is 35.5. The van der Waals surface area contributed by atoms with E-state index in [1.165, 1.54) is 11.8 Å². The smallest absolute Gasteiger partial charge is 0.302 e. The van der Waals surface area contributed by atoms with Gasteiger partial charge in [0.15, 0.2) is 0 Å². The third-order valence-electron chi connectivity index (χ3n) is 4.74. The molecule has 2 saturated heterocycles. The van der Waals surface area contributed by atoms with Crippen LogP contribution in [0.25, 0.3) is 0 Å². The summed E-state index contributed by atoms with van der Waals surface area (Å²) in [6.07, 6.45) is 3.03. The van der Waals surface area contributed by atoms with Crippen LogP contribution in [0.4, 0.5) is 5.69 Å². The lowest BCUT2D eigenvalue weighted by atomic mass is 9.77. The number of halogens is 1. The van der Waals surface area contributed by atoms with Gasteiger partial charge in [-0.15, -0.1) is 0 Å². The molecule has 1 aromatic rings. The first-order chi connectivity index (χ1) is 11.4. The van der Waals surface area contributed by atoms with E-state index in [-0.39, 0.29) is 18.4 Å². The number of hydrogen-bond donors (Lipinski definition) is 0. The summed E-state index contributed by atoms with van der Waals surface area (Å²) in [6, 6.07) is 6.52. The second-order valence-corrected chi connectivity index (χ2v) is 6.60. The molecule has 0 spiro atoms. The van der Waals surface area contributed by atoms with Crippen molar-refractivity contribution in [3.05, 3.63) is 41.4 Å². The number of benzene rings is 1. The van der Waals surface area contributed by atoms with Crippen molar-refractivity contribution in [2.75, 3.05) is 11.5 Å². The molecule has 24 heavy (non-hydrogen) atoms. The van der Waals surface area contributed by atoms with Crippen molar-refractivity contribution in [1.82, 2.24) is 0 Å². The van der Waals surface area contributed by atoms with Gasteiger partial charge in [0.1, 0.15) is 12.2 Å². The van der Waals surface area contributed by atoms with E-state index < -0.39 is 29.5 Å². The second kappa shape index (κ2) is 5.16. The third kappa shape index (κ3) is 2.03. The molecular weight excluding hydrogens is 334 g/mol. The number of ether oxygens (including phenoxy) is 2. The highest BCUT2D eigenvalue weighted by Gasteiger charge is 2.68. The fraction of sp³-hybridized carbons (Fsp3) is 0.353. The Bertz CT molecular complexity index is 774. The van der Waals surface area contributed by atoms with Crippen LogP contribution in [0, 0.1) is 11.8 Å². The quantitative estimate of drug-likeness (QED) is 0.473. The first-order valence-electron chi connectivity index (χ1n) is 7.57. The lowest BCUT2D eigenvalue weighted by molar-refractivity contribution is -0.150. The Morgan fingerprint density at radius 1 is 1.29 bits per heavy atom. The van der Waals surface area contributed by atoms with E-state index >= 15 is 0 Å². The van der Waals surface area contributed by atoms with Gasteiger partial charge in [-0.3, -0.25) is 14.4 Å². The van der Waals surface area contributed by atoms with Gasteiger partial charge in [-0.1, -0.05) is 17.7 Å². The van der Waals surface area contributed by atoms with Crippen LogP contribution >= 0.6 is 11.6 Å². The molecule has 3 aliphatic rings. The molecule has 0 radical (unpaired) electrons. The standard InChI is InChI=1S/C17H14ClNO5/c1-9(20)23-8-17-7-6-12(24-17)13-14(17)16(22)19(15(13)21)11-4-2-10(18)3-5-11/h2-7,12-14H,8H2,1H3/t12-,13+,14-,17-/m1/s1. The lowest BCUT2D eigenvalue weighted by Gasteiger charge is -2.28. The molecule has 4 atom stereocenters. The summed E-state index contributed by atoms with van der Waals surface area (Å²) in [5, 5.41) is 0.523. The molecule has 2 fully saturated rings. The molecule has 0 saturated carbocycles. The Hall–Kier alpha value is -2.18. The number of fused-ring (bicyclic) bond motifs is 5. The summed E-state index contributed by atoms with van der Waals surface area (Å²) in [5.41, 5.74) is -0.583. The summed E-state index contributed by atoms with van der Waals surface area (Å²) >= 11 is 5.87. The van der Waals surface area contributed by atoms with Crippen molar-refractivity contribution >= 4 is 35.1 Å². The van der Waals surface area contributed by atoms with Gasteiger partial charge in [0, 0.05) is 11.9 Å². The molecule has 4 rings (SSSR count). The van der Waals surface area contributed by atoms with Gasteiger partial charge < -0.3 is 9.47 Å². The lowest BCUT2D eigenvalue weighted by Crippen LogP contribution is -2.44. The topological polar surface area (TPSA) is 72.9 Å². The molecule has 0 aromatic heterocycles. The van der Waals surface area contributed by atoms with Gasteiger partial charge in [-0.25, -0.2) is 4.90 Å². The van der Waals surface area contributed by atoms with E-state index in [1.54, 1.807) is 36.4 Å². The van der Waals surface area contributed by atoms with Crippen molar-refractivity contribution < 1.29 is 23.9 Å². The van der Waals surface area contributed by atoms with E-state index in [0.29, 0.717) is 10.7 Å². The highest BCUT2D eigenvalue weighted by molar-refractivity contribution is 6.31. The largest absolute Gasteiger partial charge is 0.462 e. The van der Waals surface area contributed by atoms with Crippen LogP contribution in [-0.4, -0.2) is 36.1 Å². The summed E-state index contributed by atoms with van der Waals surface area (Å²) in [6.45, 7) is 1.21. The van der Waals surface area contributed by atoms with Crippen LogP contribution < -0.4 is 4.90 Å². The zero-order valence-electron chi connectivity index (χ0n) is 12.8. The zero-order valence-corrected chi connectivity index (χ0v) is 13.5. The number of amides is 2. The minimum atomic E-state index is -1.06. The van der Waals surface area contributed by atoms with E-state index in [9.17, 15) is 14.4 Å². The van der Waals surface area contributed by atoms with Crippen LogP contribution in [0.15, 0.2) is 36.4 Å². The Balaban J connectivity index is 1.69. The molecular formula is C17H14ClNO5. The predicted molar refractivity (Wildman–Crippen MR) is 84.3 cm³/mol. The Kier molecular flexibility index (Phi) is 3.30. The molecule has 0 N–H and O–H groups in total. The summed E-state index contributed by atoms with van der Waals surface area (Å²) < 4.78 is 10.9. The van der Waals surface area contributed by atoms with Crippen LogP contribution in [0.2, 0.25) is 5.02 Å². The van der Waals surface area contributed by atoms with E-state index in [0.717, 1.165) is 0 Å². The molecule has 6 nitrogen and oxygen atoms in total. The third-order valence-corrected chi connectivity index (χ3v) is 4.99. The normalized spacial score (nSPS) is 33.2. The molecule has 3 aliphatic heterocycles. The summed E-state index contributed by atoms with van der Waals surface area (Å²) in [4.78, 5) is 38.1. The number of imide groups is 1. The van der Waals surface area contributed by atoms with Crippen LogP contribution in [0.1, 0.15) is 6.92 Å². The number of carbonyl (C=O) groups excluding carboxylic acids is 3. The van der Waals surface area contributed by atoms with Gasteiger partial charge in [-0.2, -0.15) is 0 Å². The maximum atomic E-state index is 12.9. The molecule has 124 valence electrons. The summed E-state index contributed by atoms with van der Waals surface area (Å²) in [7, 11) is 0. The number of hydrogen-bond acceptors (Lipinski definition) is 5. The Labute approximate surface area is 143 Å². The average Bonchev–Trinajstić information content (AvgIpc) is 3.18. The van der Waals surface area contributed by atoms with E-state index in [1.807, 2.05) is 0 Å². The van der Waals surface area contributed by atoms with Crippen molar-refractivity contribution in [2.24, 2.45) is 11.8 Å². The monoisotopic (exact) mass is 347 g/mol. The van der Waals surface area contributed by atoms with Crippen LogP contribution in [0.3, 0.4) is 0 Å². The van der Waals surface area contributed by atoms with Gasteiger partial charge >= 0.3 is 5.97 Å². The molecule has 0 unspecified atom stereocenters. The van der Waals surface area contributed by atoms with Crippen molar-refractivity contribution in [3.63, 3.8) is 0 Å². The first kappa shape index (κ1) is 15.4. The average molecular weight is 348 g/mol. The molecule has 7 heteroatoms. The molecule has 3 heterocycles. The fourth-order valence-electron chi connectivity index (χ4n) is 3.73. The zero-order chi connectivity index (χ0) is 17.1. The van der Waals surface area contributed by atoms with Gasteiger partial charge in [-0.05, 0) is 30.3 Å². The Morgan fingerprint density at radius 3 is 2.67 bits per heavy atom. The van der Waals surface area contributed by atoms with Gasteiger partial charge in [0.25, 0.3) is 0 Å². The minimum absolute atomic E-state index is 0.0794. The Morgan fingerprint density at radius 2 is 2.00 bits per heavy atom. The SMILES string of the molecule is CC(=O)OC[C@@]12C=C[C@@H](O1)[C@@H]1C(=O)N(c3ccc(Cl)cc3)C(=O)[C@@H]12. The van der Waals surface area contributed by atoms with Crippen LogP contribution in [0.5, 0.6) is 0 Å². The van der Waals surface area contributed by atoms with E-state index in [2.05, 4.69) is 0 Å². The van der Waals surface area contributed by atoms with E-state index in [4.69, 9.17) is 21.1 Å². The number of nitrogens with zero attached hydrogens (tertiary/aromatic N) is 1. The van der Waals surface area contributed by atoms with Crippen molar-refractivity contribution in [1.29, 1.82) is 0 Å². The number of esters is 1. The van der Waals surface area contributed by atoms with Gasteiger partial charge in [0.2, 0.25) is 11.8 Å². The number of carbonyl (C=O) groups is 3. The van der Waals surface area contributed by atoms with Gasteiger partial charge in [0.05, 0.1) is 23.6 Å². The molecule has 2 bridgehead atoms. The maximum absolute atomic E-state index is 12.9. The molecule has 1 aromatic carbocycles. The molecule has 0 aliphatic carbocycles. The fourth-order valence-corrected chi connectivity index (χ4v) is 3.85. The van der Waals surface area contributed by atoms with Crippen molar-refractivity contribution in [3.8, 4) is 0 Å². The second-order valence-electron chi connectivity index (χ2n) is 6.17. The number of rotatable bonds is 3. The predicted octanol–water partition coefficient (Wildman–Crippen LogP) is 1.72. The molecule has 2 amide bonds. The highest BCUT2D eigenvalue weighted by Crippen LogP contribution is 2.52.